The minimum absolute atomic E-state index is 0.240. The highest BCUT2D eigenvalue weighted by atomic mass is 19.4. The van der Waals surface area contributed by atoms with Crippen molar-refractivity contribution in [2.75, 3.05) is 26.3 Å². The number of hydrogen-bond donors (Lipinski definition) is 7. The van der Waals surface area contributed by atoms with Gasteiger partial charge in [0.2, 0.25) is 18.1 Å². The maximum Gasteiger partial charge on any atom is 0.433 e. The third kappa shape index (κ3) is 8.03. The second-order valence-corrected chi connectivity index (χ2v) is 9.13. The lowest BCUT2D eigenvalue weighted by Crippen LogP contribution is -2.60. The summed E-state index contributed by atoms with van der Waals surface area (Å²) in [5.74, 6) is -0.385. The Kier molecular flexibility index (Phi) is 10.5. The number of nitrogens with zero attached hydrogens (tertiary/aromatic N) is 1. The number of benzene rings is 1. The van der Waals surface area contributed by atoms with Crippen LogP contribution in [-0.2, 0) is 22.1 Å². The van der Waals surface area contributed by atoms with Gasteiger partial charge in [0.15, 0.2) is 0 Å². The summed E-state index contributed by atoms with van der Waals surface area (Å²) >= 11 is 0. The predicted octanol–water partition coefficient (Wildman–Crippen LogP) is -0.260. The predicted molar refractivity (Wildman–Crippen MR) is 129 cm³/mol. The first-order chi connectivity index (χ1) is 18.4. The second-order valence-electron chi connectivity index (χ2n) is 9.13. The number of aromatic nitrogens is 2. The van der Waals surface area contributed by atoms with Crippen LogP contribution in [0.2, 0.25) is 0 Å². The van der Waals surface area contributed by atoms with Crippen molar-refractivity contribution in [2.24, 2.45) is 5.73 Å². The van der Waals surface area contributed by atoms with Crippen molar-refractivity contribution < 1.29 is 52.6 Å². The average Bonchev–Trinajstić information content (AvgIpc) is 3.27. The molecule has 12 nitrogen and oxygen atoms in total. The van der Waals surface area contributed by atoms with Crippen LogP contribution in [0.15, 0.2) is 18.2 Å². The topological polar surface area (TPSA) is 192 Å². The third-order valence-electron chi connectivity index (χ3n) is 6.18. The molecule has 1 fully saturated rings. The van der Waals surface area contributed by atoms with Crippen LogP contribution in [0.3, 0.4) is 0 Å². The highest BCUT2D eigenvalue weighted by Gasteiger charge is 2.46. The van der Waals surface area contributed by atoms with Gasteiger partial charge in [0, 0.05) is 19.4 Å². The molecule has 1 aliphatic rings. The van der Waals surface area contributed by atoms with Crippen LogP contribution in [0.1, 0.15) is 35.2 Å². The first-order valence-electron chi connectivity index (χ1n) is 12.2. The summed E-state index contributed by atoms with van der Waals surface area (Å²) in [5.41, 5.74) is 4.70. The van der Waals surface area contributed by atoms with Gasteiger partial charge in [0.25, 0.3) is 0 Å². The van der Waals surface area contributed by atoms with E-state index in [1.807, 2.05) is 5.10 Å². The molecule has 8 N–H and O–H groups in total. The molecule has 2 heterocycles. The molecule has 5 atom stereocenters. The van der Waals surface area contributed by atoms with Gasteiger partial charge in [-0.1, -0.05) is 6.07 Å². The van der Waals surface area contributed by atoms with E-state index in [2.05, 4.69) is 10.4 Å². The lowest BCUT2D eigenvalue weighted by molar-refractivity contribution is -0.278. The van der Waals surface area contributed by atoms with Crippen LogP contribution in [0.25, 0.3) is 0 Å². The number of amides is 1. The fourth-order valence-electron chi connectivity index (χ4n) is 3.99. The Hall–Kier alpha value is -2.95. The van der Waals surface area contributed by atoms with Crippen LogP contribution in [0, 0.1) is 6.92 Å². The largest absolute Gasteiger partial charge is 0.494 e. The Balaban J connectivity index is 1.70. The number of nitrogens with two attached hydrogens (primary N) is 1. The van der Waals surface area contributed by atoms with E-state index in [9.17, 15) is 38.4 Å². The van der Waals surface area contributed by atoms with Gasteiger partial charge in [0.1, 0.15) is 35.9 Å². The number of aliphatic hydroxyl groups excluding tert-OH is 4. The number of halogens is 3. The lowest BCUT2D eigenvalue weighted by atomic mass is 9.99. The van der Waals surface area contributed by atoms with E-state index in [-0.39, 0.29) is 24.3 Å². The van der Waals surface area contributed by atoms with E-state index < -0.39 is 55.1 Å². The van der Waals surface area contributed by atoms with Crippen molar-refractivity contribution in [1.82, 2.24) is 15.5 Å². The number of carbonyl (C=O) groups excluding carboxylic acids is 1. The van der Waals surface area contributed by atoms with Gasteiger partial charge in [-0.25, -0.2) is 0 Å². The molecule has 39 heavy (non-hydrogen) atoms. The van der Waals surface area contributed by atoms with Crippen molar-refractivity contribution in [3.63, 3.8) is 0 Å². The zero-order valence-electron chi connectivity index (χ0n) is 21.1. The molecule has 0 unspecified atom stereocenters. The van der Waals surface area contributed by atoms with Crippen molar-refractivity contribution in [3.05, 3.63) is 40.6 Å². The number of aryl methyl sites for hydroxylation is 1. The summed E-state index contributed by atoms with van der Waals surface area (Å²) in [7, 11) is 0. The summed E-state index contributed by atoms with van der Waals surface area (Å²) in [6.45, 7) is 2.44. The van der Waals surface area contributed by atoms with Crippen LogP contribution < -0.4 is 20.5 Å². The monoisotopic (exact) mass is 562 g/mol. The molecular weight excluding hydrogens is 529 g/mol. The highest BCUT2D eigenvalue weighted by molar-refractivity contribution is 5.73. The molecular formula is C24H33F3N4O8. The molecule has 0 aliphatic carbocycles. The molecule has 0 radical (unpaired) electrons. The third-order valence-corrected chi connectivity index (χ3v) is 6.18. The van der Waals surface area contributed by atoms with Crippen molar-refractivity contribution >= 4 is 5.91 Å². The number of nitrogens with one attached hydrogen (secondary N) is 2. The number of hydrogen-bond acceptors (Lipinski definition) is 10. The maximum absolute atomic E-state index is 13.7. The maximum atomic E-state index is 13.7. The zero-order chi connectivity index (χ0) is 28.7. The van der Waals surface area contributed by atoms with Gasteiger partial charge < -0.3 is 45.7 Å². The summed E-state index contributed by atoms with van der Waals surface area (Å²) < 4.78 is 57.6. The first-order valence-corrected chi connectivity index (χ1v) is 12.2. The van der Waals surface area contributed by atoms with Gasteiger partial charge in [0.05, 0.1) is 18.8 Å². The number of carbonyl (C=O) groups is 1. The summed E-state index contributed by atoms with van der Waals surface area (Å²) in [6, 6.07) is 4.91. The standard InChI is InChI=1S/C24H33F3N4O8/c1-12-9-14(37-8-2-6-29-7-5-17(28)33)4-3-13(12)10-15-21(24(25,26)27)30-31-22(15)39-23-20(36)19(35)18(34)16(11-32)38-23/h3-4,9,16,18-20,23,29,32,34-36H,2,5-8,10-11H2,1H3,(H2,28,33)(H,30,31)/t16-,18+,19+,20-,23+/m1/s1. The number of aliphatic hydroxyl groups is 4. The number of aromatic amines is 1. The first kappa shape index (κ1) is 30.6. The fraction of sp³-hybridized carbons (Fsp3) is 0.583. The molecule has 0 spiro atoms. The summed E-state index contributed by atoms with van der Waals surface area (Å²) in [6.07, 6.45) is -12.4. The lowest BCUT2D eigenvalue weighted by Gasteiger charge is -2.39. The molecule has 1 saturated heterocycles. The van der Waals surface area contributed by atoms with E-state index in [4.69, 9.17) is 19.9 Å². The van der Waals surface area contributed by atoms with Gasteiger partial charge in [-0.3, -0.25) is 9.89 Å². The molecule has 3 rings (SSSR count). The summed E-state index contributed by atoms with van der Waals surface area (Å²) in [4.78, 5) is 10.7. The highest BCUT2D eigenvalue weighted by Crippen LogP contribution is 2.37. The normalized spacial score (nSPS) is 23.5. The molecule has 1 amide bonds. The molecule has 218 valence electrons. The number of alkyl halides is 3. The SMILES string of the molecule is Cc1cc(OCCCNCCC(N)=O)ccc1Cc1c(O[C@@H]2O[C@H](CO)[C@H](O)[C@H](O)[C@H]2O)n[nH]c1C(F)(F)F. The van der Waals surface area contributed by atoms with Gasteiger partial charge in [-0.2, -0.15) is 13.2 Å². The average molecular weight is 563 g/mol. The van der Waals surface area contributed by atoms with Gasteiger partial charge >= 0.3 is 6.18 Å². The fourth-order valence-corrected chi connectivity index (χ4v) is 3.99. The zero-order valence-corrected chi connectivity index (χ0v) is 21.1. The molecule has 2 aromatic rings. The number of rotatable bonds is 13. The minimum Gasteiger partial charge on any atom is -0.494 e. The smallest absolute Gasteiger partial charge is 0.433 e. The summed E-state index contributed by atoms with van der Waals surface area (Å²) in [5, 5.41) is 48.0. The molecule has 0 saturated carbocycles. The molecule has 0 bridgehead atoms. The number of H-pyrrole nitrogens is 1. The Morgan fingerprint density at radius 1 is 1.21 bits per heavy atom. The van der Waals surface area contributed by atoms with Crippen LogP contribution >= 0.6 is 0 Å². The molecule has 1 aromatic carbocycles. The molecule has 1 aromatic heterocycles. The van der Waals surface area contributed by atoms with Gasteiger partial charge in [-0.05, 0) is 43.1 Å². The van der Waals surface area contributed by atoms with Crippen molar-refractivity contribution in [3.8, 4) is 11.6 Å². The number of primary amides is 1. The Bertz CT molecular complexity index is 1100. The quantitative estimate of drug-likeness (QED) is 0.160. The Morgan fingerprint density at radius 3 is 2.59 bits per heavy atom. The number of ether oxygens (including phenoxy) is 3. The minimum atomic E-state index is -4.80. The Labute approximate surface area is 221 Å². The van der Waals surface area contributed by atoms with Crippen LogP contribution in [0.5, 0.6) is 11.6 Å². The second kappa shape index (κ2) is 13.4. The van der Waals surface area contributed by atoms with Crippen molar-refractivity contribution in [2.45, 2.75) is 63.1 Å². The van der Waals surface area contributed by atoms with Crippen molar-refractivity contribution in [1.29, 1.82) is 0 Å². The van der Waals surface area contributed by atoms with E-state index >= 15 is 0 Å². The van der Waals surface area contributed by atoms with Crippen LogP contribution in [-0.4, -0.2) is 93.5 Å². The van der Waals surface area contributed by atoms with E-state index in [1.54, 1.807) is 25.1 Å². The molecule has 1 aliphatic heterocycles. The van der Waals surface area contributed by atoms with Crippen LogP contribution in [0.4, 0.5) is 13.2 Å². The van der Waals surface area contributed by atoms with E-state index in [1.165, 1.54) is 0 Å². The van der Waals surface area contributed by atoms with E-state index in [0.717, 1.165) is 0 Å². The Morgan fingerprint density at radius 2 is 1.95 bits per heavy atom. The van der Waals surface area contributed by atoms with E-state index in [0.29, 0.717) is 43.0 Å². The molecule has 15 heteroatoms. The van der Waals surface area contributed by atoms with Gasteiger partial charge in [-0.15, -0.1) is 5.10 Å².